The molecule has 1 heterocycles. The van der Waals surface area contributed by atoms with E-state index < -0.39 is 15.8 Å². The van der Waals surface area contributed by atoms with Crippen molar-refractivity contribution < 1.29 is 19.2 Å². The number of rotatable bonds is 11. The lowest BCUT2D eigenvalue weighted by Crippen LogP contribution is -2.43. The largest absolute Gasteiger partial charge is 0.445 e. The third kappa shape index (κ3) is 7.06. The first-order chi connectivity index (χ1) is 21.4. The van der Waals surface area contributed by atoms with E-state index in [1.807, 2.05) is 54.6 Å². The number of halogens is 1. The molecule has 2 atom stereocenters. The number of thioether (sulfide) groups is 1. The van der Waals surface area contributed by atoms with Crippen molar-refractivity contribution in [2.45, 2.75) is 29.1 Å². The van der Waals surface area contributed by atoms with E-state index >= 15 is 0 Å². The molecule has 8 nitrogen and oxygen atoms in total. The second-order valence-electron chi connectivity index (χ2n) is 10.5. The zero-order valence-corrected chi connectivity index (χ0v) is 25.5. The Morgan fingerprint density at radius 1 is 0.886 bits per heavy atom. The van der Waals surface area contributed by atoms with Gasteiger partial charge in [0.15, 0.2) is 0 Å². The Morgan fingerprint density at radius 3 is 1.89 bits per heavy atom. The van der Waals surface area contributed by atoms with Gasteiger partial charge in [0.1, 0.15) is 12.5 Å². The van der Waals surface area contributed by atoms with Crippen molar-refractivity contribution in [3.05, 3.63) is 148 Å². The average Bonchev–Trinajstić information content (AvgIpc) is 3.48. The summed E-state index contributed by atoms with van der Waals surface area (Å²) in [6, 6.07) is 36.6. The summed E-state index contributed by atoms with van der Waals surface area (Å²) in [5, 5.41) is 13.8. The van der Waals surface area contributed by atoms with Crippen LogP contribution in [0.2, 0.25) is 0 Å². The monoisotopic (exact) mass is 629 g/mol. The smallest absolute Gasteiger partial charge is 0.410 e. The number of nitrogens with zero attached hydrogens (tertiary/aromatic N) is 2. The van der Waals surface area contributed by atoms with Gasteiger partial charge in [0, 0.05) is 30.5 Å². The van der Waals surface area contributed by atoms with Crippen molar-refractivity contribution in [3.8, 4) is 0 Å². The minimum absolute atomic E-state index is 0.0135. The zero-order chi connectivity index (χ0) is 30.9. The summed E-state index contributed by atoms with van der Waals surface area (Å²) in [5.41, 5.74) is 3.96. The molecule has 0 aromatic heterocycles. The van der Waals surface area contributed by atoms with Crippen molar-refractivity contribution in [2.24, 2.45) is 0 Å². The van der Waals surface area contributed by atoms with Crippen LogP contribution in [0.15, 0.2) is 115 Å². The van der Waals surface area contributed by atoms with E-state index in [9.17, 15) is 19.7 Å². The molecule has 2 amide bonds. The minimum Gasteiger partial charge on any atom is -0.445 e. The van der Waals surface area contributed by atoms with Gasteiger partial charge in [-0.25, -0.2) is 4.79 Å². The van der Waals surface area contributed by atoms with Crippen LogP contribution in [0.1, 0.15) is 28.7 Å². The first-order valence-electron chi connectivity index (χ1n) is 14.2. The Morgan fingerprint density at radius 2 is 1.41 bits per heavy atom. The van der Waals surface area contributed by atoms with Gasteiger partial charge in [-0.2, -0.15) is 0 Å². The molecule has 0 saturated carbocycles. The lowest BCUT2D eigenvalue weighted by molar-refractivity contribution is -0.384. The van der Waals surface area contributed by atoms with E-state index in [2.05, 4.69) is 41.7 Å². The van der Waals surface area contributed by atoms with E-state index in [0.717, 1.165) is 16.7 Å². The Labute approximate surface area is 265 Å². The van der Waals surface area contributed by atoms with Crippen LogP contribution in [0.25, 0.3) is 0 Å². The highest BCUT2D eigenvalue weighted by atomic mass is 35.5. The average molecular weight is 630 g/mol. The van der Waals surface area contributed by atoms with Crippen LogP contribution < -0.4 is 5.32 Å². The molecule has 0 aliphatic carbocycles. The molecular weight excluding hydrogens is 598 g/mol. The number of alkyl halides is 1. The summed E-state index contributed by atoms with van der Waals surface area (Å²) in [6.07, 6.45) is 0.106. The van der Waals surface area contributed by atoms with Gasteiger partial charge in [0.05, 0.1) is 15.7 Å². The topological polar surface area (TPSA) is 102 Å². The summed E-state index contributed by atoms with van der Waals surface area (Å²) < 4.78 is 5.10. The Hall–Kier alpha value is -4.34. The number of nitrogens with one attached hydrogen (secondary N) is 1. The highest BCUT2D eigenvalue weighted by Gasteiger charge is 2.44. The molecule has 226 valence electrons. The summed E-state index contributed by atoms with van der Waals surface area (Å²) in [7, 11) is 0. The molecule has 4 aromatic carbocycles. The lowest BCUT2D eigenvalue weighted by atomic mass is 9.84. The van der Waals surface area contributed by atoms with Crippen LogP contribution in [0, 0.1) is 10.1 Å². The van der Waals surface area contributed by atoms with Crippen LogP contribution in [0.3, 0.4) is 0 Å². The minimum atomic E-state index is -0.572. The number of amides is 2. The second kappa shape index (κ2) is 14.4. The number of likely N-dealkylation sites (tertiary alicyclic amines) is 1. The Bertz CT molecular complexity index is 1460. The standard InChI is InChI=1S/C34H32ClN3O5S/c35-21-32(39)36-22-30-20-31(23-37(30)33(40)43-24-25-16-18-29(19-17-25)38(41)42)44-34(26-10-4-1-5-11-26,27-12-6-2-7-13-27)28-14-8-3-9-15-28/h1-19,30-31H,20-24H2,(H,36,39)/t30-,31-/m0/s1. The SMILES string of the molecule is O=C(CCl)NC[C@@H]1C[C@H](SC(c2ccccc2)(c2ccccc2)c2ccccc2)CN1C(=O)OCc1ccc([N+](=O)[O-])cc1. The van der Waals surface area contributed by atoms with E-state index in [4.69, 9.17) is 16.3 Å². The van der Waals surface area contributed by atoms with Crippen LogP contribution in [-0.2, 0) is 20.9 Å². The maximum absolute atomic E-state index is 13.5. The Kier molecular flexibility index (Phi) is 10.2. The number of ether oxygens (including phenoxy) is 1. The van der Waals surface area contributed by atoms with Gasteiger partial charge in [-0.1, -0.05) is 91.0 Å². The molecule has 5 rings (SSSR count). The summed E-state index contributed by atoms with van der Waals surface area (Å²) >= 11 is 7.53. The fourth-order valence-corrected chi connectivity index (χ4v) is 7.53. The van der Waals surface area contributed by atoms with Crippen molar-refractivity contribution in [3.63, 3.8) is 0 Å². The molecule has 0 spiro atoms. The fraction of sp³-hybridized carbons (Fsp3) is 0.235. The van der Waals surface area contributed by atoms with Crippen LogP contribution in [-0.4, -0.2) is 52.1 Å². The third-order valence-corrected chi connectivity index (χ3v) is 9.64. The molecule has 0 radical (unpaired) electrons. The lowest BCUT2D eigenvalue weighted by Gasteiger charge is -2.37. The molecule has 10 heteroatoms. The predicted molar refractivity (Wildman–Crippen MR) is 173 cm³/mol. The maximum Gasteiger partial charge on any atom is 0.410 e. The molecule has 0 bridgehead atoms. The predicted octanol–water partition coefficient (Wildman–Crippen LogP) is 6.75. The van der Waals surface area contributed by atoms with Crippen molar-refractivity contribution in [2.75, 3.05) is 19.0 Å². The summed E-state index contributed by atoms with van der Waals surface area (Å²) in [5.74, 6) is -0.483. The van der Waals surface area contributed by atoms with Gasteiger partial charge < -0.3 is 15.0 Å². The highest BCUT2D eigenvalue weighted by Crippen LogP contribution is 2.52. The molecular formula is C34H32ClN3O5S. The second-order valence-corrected chi connectivity index (χ2v) is 12.3. The van der Waals surface area contributed by atoms with E-state index in [1.165, 1.54) is 12.1 Å². The summed E-state index contributed by atoms with van der Waals surface area (Å²) in [6.45, 7) is 0.609. The van der Waals surface area contributed by atoms with E-state index in [1.54, 1.807) is 28.8 Å². The molecule has 1 aliphatic rings. The molecule has 44 heavy (non-hydrogen) atoms. The van der Waals surface area contributed by atoms with Gasteiger partial charge in [-0.15, -0.1) is 23.4 Å². The molecule has 0 unspecified atom stereocenters. The number of hydrogen-bond donors (Lipinski definition) is 1. The number of nitro benzene ring substituents is 1. The maximum atomic E-state index is 13.5. The number of non-ortho nitro benzene ring substituents is 1. The zero-order valence-electron chi connectivity index (χ0n) is 23.9. The number of benzene rings is 4. The quantitative estimate of drug-likeness (QED) is 0.0852. The summed E-state index contributed by atoms with van der Waals surface area (Å²) in [4.78, 5) is 37.7. The van der Waals surface area contributed by atoms with Crippen molar-refractivity contribution in [1.29, 1.82) is 0 Å². The van der Waals surface area contributed by atoms with Crippen LogP contribution in [0.4, 0.5) is 10.5 Å². The molecule has 4 aromatic rings. The van der Waals surface area contributed by atoms with Crippen molar-refractivity contribution >= 4 is 41.1 Å². The van der Waals surface area contributed by atoms with E-state index in [0.29, 0.717) is 18.5 Å². The first-order valence-corrected chi connectivity index (χ1v) is 15.7. The molecule has 1 saturated heterocycles. The normalized spacial score (nSPS) is 16.3. The Balaban J connectivity index is 1.44. The number of carbonyl (C=O) groups excluding carboxylic acids is 2. The van der Waals surface area contributed by atoms with Gasteiger partial charge >= 0.3 is 6.09 Å². The molecule has 1 N–H and O–H groups in total. The van der Waals surface area contributed by atoms with Crippen LogP contribution in [0.5, 0.6) is 0 Å². The van der Waals surface area contributed by atoms with Crippen molar-refractivity contribution in [1.82, 2.24) is 10.2 Å². The third-order valence-electron chi connectivity index (χ3n) is 7.66. The van der Waals surface area contributed by atoms with Gasteiger partial charge in [-0.3, -0.25) is 14.9 Å². The number of hydrogen-bond acceptors (Lipinski definition) is 6. The van der Waals surface area contributed by atoms with E-state index in [-0.39, 0.29) is 41.9 Å². The van der Waals surface area contributed by atoms with Gasteiger partial charge in [0.2, 0.25) is 5.91 Å². The number of nitro groups is 1. The molecule has 1 aliphatic heterocycles. The fourth-order valence-electron chi connectivity index (χ4n) is 5.57. The van der Waals surface area contributed by atoms with Gasteiger partial charge in [-0.05, 0) is 40.8 Å². The highest BCUT2D eigenvalue weighted by molar-refractivity contribution is 8.01. The first kappa shape index (κ1) is 31.1. The van der Waals surface area contributed by atoms with Gasteiger partial charge in [0.25, 0.3) is 5.69 Å². The van der Waals surface area contributed by atoms with Crippen LogP contribution >= 0.6 is 23.4 Å². The number of carbonyl (C=O) groups is 2. The molecule has 1 fully saturated rings.